The van der Waals surface area contributed by atoms with E-state index in [-0.39, 0.29) is 0 Å². The lowest BCUT2D eigenvalue weighted by atomic mass is 9.92. The Kier molecular flexibility index (Phi) is 4.74. The summed E-state index contributed by atoms with van der Waals surface area (Å²) in [4.78, 5) is 17.7. The number of nitrogens with one attached hydrogen (secondary N) is 1. The van der Waals surface area contributed by atoms with E-state index in [2.05, 4.69) is 30.8 Å². The Morgan fingerprint density at radius 3 is 2.90 bits per heavy atom. The fourth-order valence-electron chi connectivity index (χ4n) is 4.78. The molecule has 5 heterocycles. The van der Waals surface area contributed by atoms with Gasteiger partial charge in [-0.1, -0.05) is 0 Å². The molecule has 2 saturated heterocycles. The van der Waals surface area contributed by atoms with Crippen molar-refractivity contribution in [1.82, 2.24) is 19.9 Å². The zero-order valence-electron chi connectivity index (χ0n) is 15.8. The number of H-pyrrole nitrogens is 1. The van der Waals surface area contributed by atoms with Gasteiger partial charge < -0.3 is 9.88 Å². The standard InChI is InChI=1S/C20H22F3N5S/c21-20(22,23)9-15-8-16-18(25-12-26-19(16)29-15)28-7-4-17-13(10-28)3-6-27(17)11-14-2-1-5-24-14/h1-2,5,8,12-13,17,24H,3-4,6-7,9-11H2/t13-,17+/m1/s1. The zero-order chi connectivity index (χ0) is 20.0. The molecular weight excluding hydrogens is 399 g/mol. The van der Waals surface area contributed by atoms with Gasteiger partial charge in [0.05, 0.1) is 11.8 Å². The molecular formula is C20H22F3N5S. The number of halogens is 3. The molecule has 0 spiro atoms. The second kappa shape index (κ2) is 7.28. The van der Waals surface area contributed by atoms with Crippen molar-refractivity contribution in [2.75, 3.05) is 24.5 Å². The van der Waals surface area contributed by atoms with Crippen molar-refractivity contribution in [1.29, 1.82) is 0 Å². The molecule has 2 aliphatic heterocycles. The van der Waals surface area contributed by atoms with Crippen LogP contribution in [-0.4, -0.2) is 51.7 Å². The molecule has 0 bridgehead atoms. The highest BCUT2D eigenvalue weighted by atomic mass is 32.1. The molecule has 29 heavy (non-hydrogen) atoms. The van der Waals surface area contributed by atoms with Crippen LogP contribution >= 0.6 is 11.3 Å². The first-order chi connectivity index (χ1) is 14.0. The SMILES string of the molecule is FC(F)(F)Cc1cc2c(N3CC[C@H]4[C@H](CCN4Cc4ccc[nH]4)C3)ncnc2s1. The molecule has 154 valence electrons. The van der Waals surface area contributed by atoms with Crippen LogP contribution in [0.1, 0.15) is 23.4 Å². The number of fused-ring (bicyclic) bond motifs is 2. The number of aromatic nitrogens is 3. The average Bonchev–Trinajstić information content (AvgIpc) is 3.40. The summed E-state index contributed by atoms with van der Waals surface area (Å²) >= 11 is 1.11. The largest absolute Gasteiger partial charge is 0.393 e. The van der Waals surface area contributed by atoms with Gasteiger partial charge in [0.2, 0.25) is 0 Å². The Morgan fingerprint density at radius 1 is 1.21 bits per heavy atom. The third-order valence-corrected chi connectivity index (χ3v) is 7.06. The Morgan fingerprint density at radius 2 is 2.10 bits per heavy atom. The van der Waals surface area contributed by atoms with Gasteiger partial charge in [0.15, 0.2) is 0 Å². The monoisotopic (exact) mass is 421 g/mol. The molecule has 5 rings (SSSR count). The molecule has 0 amide bonds. The second-order valence-corrected chi connectivity index (χ2v) is 9.05. The fourth-order valence-corrected chi connectivity index (χ4v) is 5.81. The number of anilines is 1. The molecule has 0 radical (unpaired) electrons. The number of alkyl halides is 3. The molecule has 3 aromatic rings. The van der Waals surface area contributed by atoms with Crippen LogP contribution in [0.4, 0.5) is 19.0 Å². The Balaban J connectivity index is 1.33. The van der Waals surface area contributed by atoms with Gasteiger partial charge in [0.25, 0.3) is 0 Å². The lowest BCUT2D eigenvalue weighted by Crippen LogP contribution is -2.46. The summed E-state index contributed by atoms with van der Waals surface area (Å²) in [6.45, 7) is 3.77. The van der Waals surface area contributed by atoms with Crippen LogP contribution in [0.5, 0.6) is 0 Å². The lowest BCUT2D eigenvalue weighted by Gasteiger charge is -2.38. The molecule has 3 aromatic heterocycles. The predicted octanol–water partition coefficient (Wildman–Crippen LogP) is 4.23. The molecule has 2 atom stereocenters. The summed E-state index contributed by atoms with van der Waals surface area (Å²) in [5, 5.41) is 0.747. The summed E-state index contributed by atoms with van der Waals surface area (Å²) < 4.78 is 38.4. The Bertz CT molecular complexity index is 984. The second-order valence-electron chi connectivity index (χ2n) is 7.94. The van der Waals surface area contributed by atoms with Crippen LogP contribution in [0.3, 0.4) is 0 Å². The third-order valence-electron chi connectivity index (χ3n) is 6.02. The maximum absolute atomic E-state index is 12.8. The average molecular weight is 421 g/mol. The quantitative estimate of drug-likeness (QED) is 0.685. The zero-order valence-corrected chi connectivity index (χ0v) is 16.6. The molecule has 2 aliphatic rings. The minimum atomic E-state index is -4.21. The number of aromatic amines is 1. The van der Waals surface area contributed by atoms with Crippen molar-refractivity contribution in [3.63, 3.8) is 0 Å². The first-order valence-electron chi connectivity index (χ1n) is 9.88. The third kappa shape index (κ3) is 3.85. The van der Waals surface area contributed by atoms with E-state index in [1.807, 2.05) is 12.3 Å². The van der Waals surface area contributed by atoms with Crippen molar-refractivity contribution in [2.45, 2.75) is 38.0 Å². The van der Waals surface area contributed by atoms with Crippen molar-refractivity contribution in [3.8, 4) is 0 Å². The Hall–Kier alpha value is -2.13. The van der Waals surface area contributed by atoms with Gasteiger partial charge in [-0.05, 0) is 43.5 Å². The van der Waals surface area contributed by atoms with Crippen LogP contribution in [0, 0.1) is 5.92 Å². The van der Waals surface area contributed by atoms with E-state index < -0.39 is 12.6 Å². The number of nitrogens with zero attached hydrogens (tertiary/aromatic N) is 4. The van der Waals surface area contributed by atoms with Gasteiger partial charge in [0, 0.05) is 42.4 Å². The van der Waals surface area contributed by atoms with E-state index in [4.69, 9.17) is 0 Å². The van der Waals surface area contributed by atoms with Crippen LogP contribution in [0.2, 0.25) is 0 Å². The number of rotatable bonds is 4. The summed E-state index contributed by atoms with van der Waals surface area (Å²) in [7, 11) is 0. The maximum atomic E-state index is 12.8. The van der Waals surface area contributed by atoms with E-state index in [0.29, 0.717) is 21.7 Å². The van der Waals surface area contributed by atoms with Crippen LogP contribution in [0.15, 0.2) is 30.7 Å². The van der Waals surface area contributed by atoms with E-state index >= 15 is 0 Å². The van der Waals surface area contributed by atoms with Crippen LogP contribution in [-0.2, 0) is 13.0 Å². The minimum Gasteiger partial charge on any atom is -0.364 e. The van der Waals surface area contributed by atoms with Crippen molar-refractivity contribution >= 4 is 27.4 Å². The topological polar surface area (TPSA) is 48.0 Å². The highest BCUT2D eigenvalue weighted by Crippen LogP contribution is 2.38. The number of likely N-dealkylation sites (tertiary alicyclic amines) is 1. The summed E-state index contributed by atoms with van der Waals surface area (Å²) in [6.07, 6.45) is 0.490. The van der Waals surface area contributed by atoms with E-state index in [1.54, 1.807) is 6.07 Å². The molecule has 0 saturated carbocycles. The van der Waals surface area contributed by atoms with Crippen LogP contribution < -0.4 is 4.90 Å². The van der Waals surface area contributed by atoms with Gasteiger partial charge in [-0.2, -0.15) is 13.2 Å². The van der Waals surface area contributed by atoms with E-state index in [0.717, 1.165) is 61.6 Å². The maximum Gasteiger partial charge on any atom is 0.393 e. The number of hydrogen-bond acceptors (Lipinski definition) is 5. The smallest absolute Gasteiger partial charge is 0.364 e. The first kappa shape index (κ1) is 18.9. The molecule has 1 N–H and O–H groups in total. The molecule has 0 aliphatic carbocycles. The molecule has 0 aromatic carbocycles. The van der Waals surface area contributed by atoms with Crippen molar-refractivity contribution in [3.05, 3.63) is 41.3 Å². The number of hydrogen-bond donors (Lipinski definition) is 1. The van der Waals surface area contributed by atoms with Gasteiger partial charge in [0.1, 0.15) is 17.0 Å². The van der Waals surface area contributed by atoms with Gasteiger partial charge >= 0.3 is 6.18 Å². The van der Waals surface area contributed by atoms with E-state index in [9.17, 15) is 13.2 Å². The molecule has 2 fully saturated rings. The predicted molar refractivity (Wildman–Crippen MR) is 107 cm³/mol. The van der Waals surface area contributed by atoms with Gasteiger partial charge in [-0.25, -0.2) is 9.97 Å². The summed E-state index contributed by atoms with van der Waals surface area (Å²) in [5.41, 5.74) is 1.24. The van der Waals surface area contributed by atoms with Gasteiger partial charge in [-0.15, -0.1) is 11.3 Å². The number of thiophene rings is 1. The highest BCUT2D eigenvalue weighted by Gasteiger charge is 2.39. The van der Waals surface area contributed by atoms with Gasteiger partial charge in [-0.3, -0.25) is 4.90 Å². The summed E-state index contributed by atoms with van der Waals surface area (Å²) in [6, 6.07) is 6.32. The molecule has 5 nitrogen and oxygen atoms in total. The van der Waals surface area contributed by atoms with Crippen molar-refractivity contribution < 1.29 is 13.2 Å². The normalized spacial score (nSPS) is 23.1. The Labute approximate surface area is 170 Å². The lowest BCUT2D eigenvalue weighted by molar-refractivity contribution is -0.126. The highest BCUT2D eigenvalue weighted by molar-refractivity contribution is 7.18. The molecule has 9 heteroatoms. The molecule has 0 unspecified atom stereocenters. The van der Waals surface area contributed by atoms with Crippen LogP contribution in [0.25, 0.3) is 10.2 Å². The summed E-state index contributed by atoms with van der Waals surface area (Å²) in [5.74, 6) is 1.33. The van der Waals surface area contributed by atoms with E-state index in [1.165, 1.54) is 12.0 Å². The number of piperidine rings is 1. The van der Waals surface area contributed by atoms with Crippen molar-refractivity contribution in [2.24, 2.45) is 5.92 Å². The first-order valence-corrected chi connectivity index (χ1v) is 10.7. The minimum absolute atomic E-state index is 0.294. The fraction of sp³-hybridized carbons (Fsp3) is 0.500.